The number of fused-ring (bicyclic) bond motifs is 1. The highest BCUT2D eigenvalue weighted by molar-refractivity contribution is 6.33. The van der Waals surface area contributed by atoms with Gasteiger partial charge in [0.25, 0.3) is 11.8 Å². The van der Waals surface area contributed by atoms with E-state index in [4.69, 9.17) is 16.3 Å². The molecule has 2 fully saturated rings. The van der Waals surface area contributed by atoms with Crippen LogP contribution >= 0.6 is 11.6 Å². The fourth-order valence-corrected chi connectivity index (χ4v) is 6.27. The number of para-hydroxylation sites is 1. The second-order valence-corrected chi connectivity index (χ2v) is 11.4. The lowest BCUT2D eigenvalue weighted by atomic mass is 9.74. The lowest BCUT2D eigenvalue weighted by molar-refractivity contribution is -0.128. The zero-order valence-electron chi connectivity index (χ0n) is 21.8. The highest BCUT2D eigenvalue weighted by Gasteiger charge is 2.37. The molecule has 3 heterocycles. The van der Waals surface area contributed by atoms with Crippen LogP contribution in [-0.2, 0) is 11.2 Å². The van der Waals surface area contributed by atoms with Crippen LogP contribution in [0.4, 0.5) is 5.69 Å². The number of carbonyl (C=O) groups is 2. The van der Waals surface area contributed by atoms with E-state index >= 15 is 0 Å². The molecule has 2 amide bonds. The zero-order valence-corrected chi connectivity index (χ0v) is 22.6. The van der Waals surface area contributed by atoms with Crippen molar-refractivity contribution in [2.75, 3.05) is 37.6 Å². The predicted octanol–water partition coefficient (Wildman–Crippen LogP) is 5.47. The number of aryl methyl sites for hydroxylation is 1. The fourth-order valence-electron chi connectivity index (χ4n) is 6.03. The number of anilines is 1. The van der Waals surface area contributed by atoms with Gasteiger partial charge in [0.2, 0.25) is 0 Å². The highest BCUT2D eigenvalue weighted by Crippen LogP contribution is 2.38. The molecule has 1 atom stereocenters. The summed E-state index contributed by atoms with van der Waals surface area (Å²) < 4.78 is 6.03. The lowest BCUT2D eigenvalue weighted by Crippen LogP contribution is -2.49. The first-order chi connectivity index (χ1) is 17.9. The van der Waals surface area contributed by atoms with Gasteiger partial charge in [0, 0.05) is 38.3 Å². The summed E-state index contributed by atoms with van der Waals surface area (Å²) in [4.78, 5) is 30.6. The SMILES string of the molecule is C[C@H]1Oc2ccccc2CCCCC2(CCN(C(=O)c3ccc(Cl)c(N4CCCC4)c3)CC2)CNC1=O. The lowest BCUT2D eigenvalue weighted by Gasteiger charge is -2.42. The van der Waals surface area contributed by atoms with E-state index in [1.54, 1.807) is 0 Å². The molecular formula is C30H38ClN3O3. The van der Waals surface area contributed by atoms with Crippen LogP contribution in [0.3, 0.4) is 0 Å². The maximum Gasteiger partial charge on any atom is 0.260 e. The molecule has 7 heteroatoms. The number of piperidine rings is 1. The van der Waals surface area contributed by atoms with Crippen molar-refractivity contribution in [2.24, 2.45) is 5.41 Å². The number of hydrogen-bond donors (Lipinski definition) is 1. The number of halogens is 1. The van der Waals surface area contributed by atoms with E-state index in [9.17, 15) is 9.59 Å². The average Bonchev–Trinajstić information content (AvgIpc) is 3.45. The Morgan fingerprint density at radius 3 is 2.54 bits per heavy atom. The fraction of sp³-hybridized carbons (Fsp3) is 0.533. The van der Waals surface area contributed by atoms with Crippen molar-refractivity contribution < 1.29 is 14.3 Å². The van der Waals surface area contributed by atoms with E-state index in [0.29, 0.717) is 30.2 Å². The van der Waals surface area contributed by atoms with E-state index in [-0.39, 0.29) is 17.2 Å². The third-order valence-electron chi connectivity index (χ3n) is 8.44. The van der Waals surface area contributed by atoms with Crippen molar-refractivity contribution in [3.63, 3.8) is 0 Å². The summed E-state index contributed by atoms with van der Waals surface area (Å²) in [6.07, 6.45) is 7.71. The molecule has 0 radical (unpaired) electrons. The molecule has 6 nitrogen and oxygen atoms in total. The smallest absolute Gasteiger partial charge is 0.260 e. The molecule has 0 aromatic heterocycles. The molecular weight excluding hydrogens is 486 g/mol. The summed E-state index contributed by atoms with van der Waals surface area (Å²) in [5.74, 6) is 0.800. The summed E-state index contributed by atoms with van der Waals surface area (Å²) in [5, 5.41) is 3.88. The van der Waals surface area contributed by atoms with E-state index in [2.05, 4.69) is 16.3 Å². The Bertz CT molecular complexity index is 1120. The minimum absolute atomic E-state index is 0.00554. The molecule has 3 aliphatic rings. The second-order valence-electron chi connectivity index (χ2n) is 10.9. The van der Waals surface area contributed by atoms with Crippen molar-refractivity contribution in [3.8, 4) is 5.75 Å². The minimum Gasteiger partial charge on any atom is -0.481 e. The number of likely N-dealkylation sites (tertiary alicyclic amines) is 1. The van der Waals surface area contributed by atoms with Gasteiger partial charge in [-0.15, -0.1) is 0 Å². The van der Waals surface area contributed by atoms with Gasteiger partial charge >= 0.3 is 0 Å². The molecule has 0 aliphatic carbocycles. The number of benzene rings is 2. The molecule has 0 unspecified atom stereocenters. The Morgan fingerprint density at radius 1 is 1.00 bits per heavy atom. The molecule has 198 valence electrons. The number of amides is 2. The number of carbonyl (C=O) groups excluding carboxylic acids is 2. The zero-order chi connectivity index (χ0) is 25.8. The molecule has 5 rings (SSSR count). The molecule has 2 aromatic rings. The standard InChI is InChI=1S/C30H38ClN3O3/c1-22-28(35)32-21-30(13-5-4-9-23-8-2-3-10-27(23)37-22)14-18-34(19-15-30)29(36)24-11-12-25(31)26(20-24)33-16-6-7-17-33/h2-3,8,10-12,20,22H,4-7,9,13-19,21H2,1H3,(H,32,35)/t22-/m1/s1. The highest BCUT2D eigenvalue weighted by atomic mass is 35.5. The molecule has 2 aromatic carbocycles. The van der Waals surface area contributed by atoms with Gasteiger partial charge in [-0.1, -0.05) is 36.2 Å². The van der Waals surface area contributed by atoms with Gasteiger partial charge in [0.15, 0.2) is 6.10 Å². The second kappa shape index (κ2) is 11.3. The first-order valence-corrected chi connectivity index (χ1v) is 14.2. The summed E-state index contributed by atoms with van der Waals surface area (Å²) in [5.41, 5.74) is 2.84. The van der Waals surface area contributed by atoms with Crippen LogP contribution in [0.1, 0.15) is 67.8 Å². The van der Waals surface area contributed by atoms with Crippen molar-refractivity contribution in [1.29, 1.82) is 0 Å². The average molecular weight is 524 g/mol. The number of hydrogen-bond acceptors (Lipinski definition) is 4. The molecule has 1 spiro atoms. The monoisotopic (exact) mass is 523 g/mol. The summed E-state index contributed by atoms with van der Waals surface area (Å²) >= 11 is 6.48. The summed E-state index contributed by atoms with van der Waals surface area (Å²) in [6.45, 7) is 5.82. The molecule has 2 saturated heterocycles. The van der Waals surface area contributed by atoms with Crippen LogP contribution < -0.4 is 15.0 Å². The van der Waals surface area contributed by atoms with Gasteiger partial charge in [0.1, 0.15) is 5.75 Å². The van der Waals surface area contributed by atoms with E-state index in [1.807, 2.05) is 48.2 Å². The Balaban J connectivity index is 1.25. The van der Waals surface area contributed by atoms with Gasteiger partial charge in [0.05, 0.1) is 10.7 Å². The van der Waals surface area contributed by atoms with Crippen LogP contribution in [0, 0.1) is 5.41 Å². The maximum atomic E-state index is 13.4. The first kappa shape index (κ1) is 25.9. The number of rotatable bonds is 2. The van der Waals surface area contributed by atoms with Gasteiger partial charge in [-0.2, -0.15) is 0 Å². The van der Waals surface area contributed by atoms with Crippen molar-refractivity contribution in [3.05, 3.63) is 58.6 Å². The van der Waals surface area contributed by atoms with Crippen molar-refractivity contribution >= 4 is 29.1 Å². The van der Waals surface area contributed by atoms with Gasteiger partial charge in [-0.05, 0) is 87.1 Å². The Morgan fingerprint density at radius 2 is 1.76 bits per heavy atom. The molecule has 1 N–H and O–H groups in total. The third-order valence-corrected chi connectivity index (χ3v) is 8.76. The topological polar surface area (TPSA) is 61.9 Å². The molecule has 0 saturated carbocycles. The van der Waals surface area contributed by atoms with Crippen molar-refractivity contribution in [1.82, 2.24) is 10.2 Å². The van der Waals surface area contributed by atoms with Gasteiger partial charge in [-0.3, -0.25) is 9.59 Å². The number of ether oxygens (including phenoxy) is 1. The van der Waals surface area contributed by atoms with Crippen LogP contribution in [0.25, 0.3) is 0 Å². The van der Waals surface area contributed by atoms with Crippen molar-refractivity contribution in [2.45, 2.75) is 64.4 Å². The quantitative estimate of drug-likeness (QED) is 0.566. The van der Waals surface area contributed by atoms with Crippen LogP contribution in [0.2, 0.25) is 5.02 Å². The van der Waals surface area contributed by atoms with Crippen LogP contribution in [-0.4, -0.2) is 55.5 Å². The molecule has 3 aliphatic heterocycles. The van der Waals surface area contributed by atoms with Gasteiger partial charge in [-0.25, -0.2) is 0 Å². The maximum absolute atomic E-state index is 13.4. The summed E-state index contributed by atoms with van der Waals surface area (Å²) in [6, 6.07) is 13.7. The van der Waals surface area contributed by atoms with Gasteiger partial charge < -0.3 is 19.9 Å². The first-order valence-electron chi connectivity index (χ1n) is 13.8. The largest absolute Gasteiger partial charge is 0.481 e. The Kier molecular flexibility index (Phi) is 7.94. The third kappa shape index (κ3) is 5.90. The molecule has 37 heavy (non-hydrogen) atoms. The number of nitrogens with one attached hydrogen (secondary N) is 1. The van der Waals surface area contributed by atoms with E-state index < -0.39 is 6.10 Å². The van der Waals surface area contributed by atoms with Crippen LogP contribution in [0.5, 0.6) is 5.75 Å². The van der Waals surface area contributed by atoms with E-state index in [1.165, 1.54) is 0 Å². The Hall–Kier alpha value is -2.73. The minimum atomic E-state index is -0.547. The Labute approximate surface area is 225 Å². The van der Waals surface area contributed by atoms with E-state index in [0.717, 1.165) is 81.5 Å². The normalized spacial score (nSPS) is 22.4. The predicted molar refractivity (Wildman–Crippen MR) is 148 cm³/mol. The number of nitrogens with zero attached hydrogens (tertiary/aromatic N) is 2. The summed E-state index contributed by atoms with van der Waals surface area (Å²) in [7, 11) is 0. The van der Waals surface area contributed by atoms with Crippen LogP contribution in [0.15, 0.2) is 42.5 Å². The molecule has 0 bridgehead atoms.